The maximum absolute atomic E-state index is 11.4. The molecule has 1 nitrogen and oxygen atoms in total. The molecule has 1 heteroatoms. The highest BCUT2D eigenvalue weighted by molar-refractivity contribution is 5.31. The van der Waals surface area contributed by atoms with Crippen molar-refractivity contribution < 1.29 is 5.11 Å². The lowest BCUT2D eigenvalue weighted by Gasteiger charge is -2.02. The molecule has 15 heavy (non-hydrogen) atoms. The van der Waals surface area contributed by atoms with Crippen LogP contribution in [0.1, 0.15) is 51.0 Å². The van der Waals surface area contributed by atoms with Crippen LogP contribution in [-0.2, 0) is 11.5 Å². The number of hydrogen-bond acceptors (Lipinski definition) is 0. The van der Waals surface area contributed by atoms with Crippen LogP contribution in [0.25, 0.3) is 0 Å². The molecule has 0 bridgehead atoms. The van der Waals surface area contributed by atoms with Crippen LogP contribution in [0, 0.1) is 0 Å². The lowest BCUT2D eigenvalue weighted by Crippen LogP contribution is -1.86. The monoisotopic (exact) mass is 205 g/mol. The van der Waals surface area contributed by atoms with Crippen LogP contribution in [0.5, 0.6) is 5.75 Å². The number of para-hydroxylation sites is 1. The predicted octanol–water partition coefficient (Wildman–Crippen LogP) is 4.73. The summed E-state index contributed by atoms with van der Waals surface area (Å²) in [5.41, 5.74) is 0.980. The van der Waals surface area contributed by atoms with Crippen molar-refractivity contribution in [2.45, 2.75) is 51.9 Å². The molecule has 0 atom stereocenters. The normalized spacial score (nSPS) is 10.5. The van der Waals surface area contributed by atoms with E-state index in [2.05, 4.69) is 6.92 Å². The van der Waals surface area contributed by atoms with Gasteiger partial charge in [-0.15, -0.1) is 0 Å². The van der Waals surface area contributed by atoms with Gasteiger partial charge in [-0.1, -0.05) is 57.2 Å². The molecule has 83 valence electrons. The molecule has 0 heterocycles. The Balaban J connectivity index is 2.12. The quantitative estimate of drug-likeness (QED) is 0.573. The molecule has 1 radical (unpaired) electrons. The summed E-state index contributed by atoms with van der Waals surface area (Å²) < 4.78 is 0. The third-order valence-corrected chi connectivity index (χ3v) is 2.77. The molecule has 0 aromatic heterocycles. The van der Waals surface area contributed by atoms with Crippen LogP contribution >= 0.6 is 0 Å². The van der Waals surface area contributed by atoms with Crippen molar-refractivity contribution in [3.63, 3.8) is 0 Å². The minimum atomic E-state index is 0.200. The molecule has 0 spiro atoms. The van der Waals surface area contributed by atoms with Gasteiger partial charge in [0.15, 0.2) is 5.75 Å². The van der Waals surface area contributed by atoms with E-state index < -0.39 is 0 Å². The molecule has 1 aromatic rings. The van der Waals surface area contributed by atoms with E-state index in [1.165, 1.54) is 32.1 Å². The Labute approximate surface area is 93.1 Å². The van der Waals surface area contributed by atoms with Crippen molar-refractivity contribution in [1.29, 1.82) is 0 Å². The Hall–Kier alpha value is -0.980. The van der Waals surface area contributed by atoms with Crippen LogP contribution in [-0.4, -0.2) is 0 Å². The van der Waals surface area contributed by atoms with Crippen molar-refractivity contribution in [3.8, 4) is 5.75 Å². The molecule has 0 aliphatic rings. The minimum Gasteiger partial charge on any atom is -0.290 e. The fraction of sp³-hybridized carbons (Fsp3) is 0.571. The average molecular weight is 205 g/mol. The highest BCUT2D eigenvalue weighted by Crippen LogP contribution is 2.19. The second-order valence-corrected chi connectivity index (χ2v) is 4.13. The van der Waals surface area contributed by atoms with Crippen molar-refractivity contribution in [2.24, 2.45) is 0 Å². The van der Waals surface area contributed by atoms with Gasteiger partial charge in [0.05, 0.1) is 0 Å². The molecule has 0 saturated heterocycles. The Kier molecular flexibility index (Phi) is 5.91. The molecule has 1 aromatic carbocycles. The average Bonchev–Trinajstić information content (AvgIpc) is 2.25. The summed E-state index contributed by atoms with van der Waals surface area (Å²) in [6, 6.07) is 7.38. The van der Waals surface area contributed by atoms with E-state index in [1.807, 2.05) is 18.2 Å². The van der Waals surface area contributed by atoms with Crippen LogP contribution in [0.2, 0.25) is 0 Å². The van der Waals surface area contributed by atoms with Gasteiger partial charge in [0, 0.05) is 0 Å². The zero-order valence-corrected chi connectivity index (χ0v) is 9.67. The van der Waals surface area contributed by atoms with Crippen molar-refractivity contribution >= 4 is 0 Å². The fourth-order valence-corrected chi connectivity index (χ4v) is 1.81. The zero-order chi connectivity index (χ0) is 10.9. The van der Waals surface area contributed by atoms with Crippen LogP contribution in [0.15, 0.2) is 24.3 Å². The lowest BCUT2D eigenvalue weighted by molar-refractivity contribution is 0.349. The summed E-state index contributed by atoms with van der Waals surface area (Å²) in [5, 5.41) is 11.4. The smallest absolute Gasteiger partial charge is 0.181 e. The van der Waals surface area contributed by atoms with Gasteiger partial charge in [-0.05, 0) is 24.5 Å². The van der Waals surface area contributed by atoms with E-state index in [-0.39, 0.29) is 5.75 Å². The topological polar surface area (TPSA) is 19.9 Å². The first kappa shape index (κ1) is 12.1. The Morgan fingerprint density at radius 1 is 0.933 bits per heavy atom. The van der Waals surface area contributed by atoms with Gasteiger partial charge in [-0.2, -0.15) is 0 Å². The molecule has 1 rings (SSSR count). The van der Waals surface area contributed by atoms with Crippen LogP contribution in [0.3, 0.4) is 0 Å². The molecule has 0 N–H and O–H groups in total. The Bertz CT molecular complexity index is 268. The highest BCUT2D eigenvalue weighted by atomic mass is 16.3. The van der Waals surface area contributed by atoms with Gasteiger partial charge in [0.25, 0.3) is 0 Å². The summed E-state index contributed by atoms with van der Waals surface area (Å²) in [7, 11) is 0. The van der Waals surface area contributed by atoms with E-state index in [4.69, 9.17) is 0 Å². The number of unbranched alkanes of at least 4 members (excludes halogenated alkanes) is 5. The highest BCUT2D eigenvalue weighted by Gasteiger charge is 2.00. The largest absolute Gasteiger partial charge is 0.290 e. The van der Waals surface area contributed by atoms with E-state index in [1.54, 1.807) is 6.07 Å². The van der Waals surface area contributed by atoms with Crippen LogP contribution in [0.4, 0.5) is 0 Å². The summed E-state index contributed by atoms with van der Waals surface area (Å²) in [5.74, 6) is 0.200. The summed E-state index contributed by atoms with van der Waals surface area (Å²) >= 11 is 0. The second-order valence-electron chi connectivity index (χ2n) is 4.13. The number of benzene rings is 1. The summed E-state index contributed by atoms with van der Waals surface area (Å²) in [6.07, 6.45) is 8.66. The molecular weight excluding hydrogens is 184 g/mol. The number of rotatable bonds is 7. The summed E-state index contributed by atoms with van der Waals surface area (Å²) in [4.78, 5) is 0. The number of aryl methyl sites for hydroxylation is 1. The zero-order valence-electron chi connectivity index (χ0n) is 9.67. The molecule has 0 unspecified atom stereocenters. The third-order valence-electron chi connectivity index (χ3n) is 2.77. The molecule has 0 fully saturated rings. The first-order valence-electron chi connectivity index (χ1n) is 6.09. The maximum Gasteiger partial charge on any atom is 0.181 e. The van der Waals surface area contributed by atoms with E-state index >= 15 is 0 Å². The molecule has 0 amide bonds. The summed E-state index contributed by atoms with van der Waals surface area (Å²) in [6.45, 7) is 2.23. The van der Waals surface area contributed by atoms with Gasteiger partial charge >= 0.3 is 0 Å². The first-order chi connectivity index (χ1) is 7.34. The van der Waals surface area contributed by atoms with Gasteiger partial charge < -0.3 is 0 Å². The minimum absolute atomic E-state index is 0.200. The number of hydrogen-bond donors (Lipinski definition) is 0. The van der Waals surface area contributed by atoms with E-state index in [0.717, 1.165) is 18.4 Å². The van der Waals surface area contributed by atoms with Crippen molar-refractivity contribution in [2.75, 3.05) is 0 Å². The molecule has 0 aliphatic heterocycles. The molecular formula is C14H21O. The van der Waals surface area contributed by atoms with Crippen molar-refractivity contribution in [1.82, 2.24) is 0 Å². The van der Waals surface area contributed by atoms with E-state index in [9.17, 15) is 5.11 Å². The standard InChI is InChI=1S/C14H21O/c1-2-3-4-5-6-7-10-13-11-8-9-12-14(13)15/h8-9,11-12H,2-7,10H2,1H3. The Morgan fingerprint density at radius 3 is 2.33 bits per heavy atom. The third kappa shape index (κ3) is 4.87. The van der Waals surface area contributed by atoms with Crippen LogP contribution < -0.4 is 0 Å². The predicted molar refractivity (Wildman–Crippen MR) is 63.7 cm³/mol. The fourth-order valence-electron chi connectivity index (χ4n) is 1.81. The first-order valence-corrected chi connectivity index (χ1v) is 6.09. The van der Waals surface area contributed by atoms with E-state index in [0.29, 0.717) is 0 Å². The lowest BCUT2D eigenvalue weighted by atomic mass is 10.0. The Morgan fingerprint density at radius 2 is 1.60 bits per heavy atom. The van der Waals surface area contributed by atoms with Gasteiger partial charge in [-0.25, -0.2) is 0 Å². The van der Waals surface area contributed by atoms with Gasteiger partial charge in [0.2, 0.25) is 0 Å². The van der Waals surface area contributed by atoms with Crippen molar-refractivity contribution in [3.05, 3.63) is 29.8 Å². The SMILES string of the molecule is CCCCCCCCc1ccccc1[O]. The van der Waals surface area contributed by atoms with Gasteiger partial charge in [0.1, 0.15) is 0 Å². The molecule has 0 aliphatic carbocycles. The molecule has 0 saturated carbocycles. The maximum atomic E-state index is 11.4. The van der Waals surface area contributed by atoms with Gasteiger partial charge in [-0.3, -0.25) is 5.11 Å². The second kappa shape index (κ2) is 7.33.